The molecule has 0 fully saturated rings. The van der Waals surface area contributed by atoms with E-state index in [1.165, 1.54) is 19.5 Å². The van der Waals surface area contributed by atoms with Crippen molar-refractivity contribution in [1.29, 1.82) is 0 Å². The van der Waals surface area contributed by atoms with E-state index in [2.05, 4.69) is 10.6 Å². The Balaban J connectivity index is 4.90. The minimum absolute atomic E-state index is 0.0437. The molecular weight excluding hydrogens is 266 g/mol. The minimum Gasteiger partial charge on any atom is -0.382 e. The van der Waals surface area contributed by atoms with Crippen molar-refractivity contribution in [3.05, 3.63) is 0 Å². The molecule has 0 heterocycles. The van der Waals surface area contributed by atoms with E-state index in [-0.39, 0.29) is 18.2 Å². The SMILES string of the molecule is CNC(=O)[C@H](C)NC(=O)[C@@H](CC(C)C)[C@H](O)C(=O)NO. The van der Waals surface area contributed by atoms with E-state index < -0.39 is 29.9 Å². The fourth-order valence-electron chi connectivity index (χ4n) is 1.74. The molecule has 0 rings (SSSR count). The highest BCUT2D eigenvalue weighted by molar-refractivity contribution is 5.91. The first-order chi connectivity index (χ1) is 9.24. The maximum absolute atomic E-state index is 12.1. The third-order valence-corrected chi connectivity index (χ3v) is 2.82. The van der Waals surface area contributed by atoms with Crippen molar-refractivity contribution < 1.29 is 24.7 Å². The zero-order valence-corrected chi connectivity index (χ0v) is 12.1. The summed E-state index contributed by atoms with van der Waals surface area (Å²) in [6.07, 6.45) is -1.44. The topological polar surface area (TPSA) is 128 Å². The van der Waals surface area contributed by atoms with E-state index in [9.17, 15) is 19.5 Å². The number of nitrogens with one attached hydrogen (secondary N) is 3. The lowest BCUT2D eigenvalue weighted by Crippen LogP contribution is -2.50. The van der Waals surface area contributed by atoms with E-state index in [0.29, 0.717) is 0 Å². The molecule has 0 aromatic rings. The molecule has 0 radical (unpaired) electrons. The summed E-state index contributed by atoms with van der Waals surface area (Å²) in [6.45, 7) is 5.14. The molecule has 3 amide bonds. The molecule has 0 saturated heterocycles. The number of carbonyl (C=O) groups excluding carboxylic acids is 3. The van der Waals surface area contributed by atoms with Gasteiger partial charge in [-0.2, -0.15) is 0 Å². The first-order valence-electron chi connectivity index (χ1n) is 6.38. The van der Waals surface area contributed by atoms with Crippen LogP contribution in [0.4, 0.5) is 0 Å². The molecule has 0 bridgehead atoms. The third-order valence-electron chi connectivity index (χ3n) is 2.82. The van der Waals surface area contributed by atoms with Crippen molar-refractivity contribution in [2.24, 2.45) is 11.8 Å². The first kappa shape index (κ1) is 18.3. The summed E-state index contributed by atoms with van der Waals surface area (Å²) in [4.78, 5) is 34.6. The fourth-order valence-corrected chi connectivity index (χ4v) is 1.74. The summed E-state index contributed by atoms with van der Waals surface area (Å²) in [5, 5.41) is 23.1. The molecule has 0 aliphatic rings. The number of amides is 3. The van der Waals surface area contributed by atoms with Gasteiger partial charge in [0.2, 0.25) is 11.8 Å². The van der Waals surface area contributed by atoms with Crippen molar-refractivity contribution in [1.82, 2.24) is 16.1 Å². The maximum Gasteiger partial charge on any atom is 0.272 e. The van der Waals surface area contributed by atoms with E-state index in [0.717, 1.165) is 0 Å². The van der Waals surface area contributed by atoms with Gasteiger partial charge in [0.1, 0.15) is 12.1 Å². The van der Waals surface area contributed by atoms with Crippen LogP contribution in [0, 0.1) is 11.8 Å². The van der Waals surface area contributed by atoms with E-state index in [4.69, 9.17) is 5.21 Å². The monoisotopic (exact) mass is 289 g/mol. The minimum atomic E-state index is -1.68. The smallest absolute Gasteiger partial charge is 0.272 e. The van der Waals surface area contributed by atoms with Gasteiger partial charge in [0.15, 0.2) is 0 Å². The summed E-state index contributed by atoms with van der Waals surface area (Å²) in [7, 11) is 1.44. The predicted molar refractivity (Wildman–Crippen MR) is 70.6 cm³/mol. The lowest BCUT2D eigenvalue weighted by Gasteiger charge is -2.24. The molecule has 0 spiro atoms. The van der Waals surface area contributed by atoms with E-state index in [1.807, 2.05) is 13.8 Å². The number of carbonyl (C=O) groups is 3. The molecule has 0 aromatic heterocycles. The Bertz CT molecular complexity index is 359. The molecule has 3 atom stereocenters. The van der Waals surface area contributed by atoms with Crippen LogP contribution in [-0.4, -0.2) is 47.2 Å². The number of hydrogen-bond donors (Lipinski definition) is 5. The van der Waals surface area contributed by atoms with Crippen LogP contribution in [0.5, 0.6) is 0 Å². The van der Waals surface area contributed by atoms with Crippen LogP contribution in [0.15, 0.2) is 0 Å². The zero-order valence-electron chi connectivity index (χ0n) is 12.1. The Kier molecular flexibility index (Phi) is 7.78. The quantitative estimate of drug-likeness (QED) is 0.296. The molecule has 5 N–H and O–H groups in total. The van der Waals surface area contributed by atoms with Crippen molar-refractivity contribution in [2.45, 2.75) is 39.3 Å². The van der Waals surface area contributed by atoms with Crippen molar-refractivity contribution >= 4 is 17.7 Å². The molecule has 20 heavy (non-hydrogen) atoms. The number of rotatable bonds is 7. The number of aliphatic hydroxyl groups is 1. The Labute approximate surface area is 117 Å². The van der Waals surface area contributed by atoms with Gasteiger partial charge in [-0.1, -0.05) is 13.8 Å². The van der Waals surface area contributed by atoms with Crippen LogP contribution in [0.3, 0.4) is 0 Å². The Morgan fingerprint density at radius 2 is 1.60 bits per heavy atom. The van der Waals surface area contributed by atoms with Gasteiger partial charge in [0.05, 0.1) is 5.92 Å². The summed E-state index contributed by atoms with van der Waals surface area (Å²) >= 11 is 0. The van der Waals surface area contributed by atoms with Gasteiger partial charge in [-0.3, -0.25) is 19.6 Å². The van der Waals surface area contributed by atoms with Gasteiger partial charge in [-0.15, -0.1) is 0 Å². The third kappa shape index (κ3) is 5.54. The molecule has 0 saturated carbocycles. The van der Waals surface area contributed by atoms with Gasteiger partial charge in [0, 0.05) is 7.05 Å². The van der Waals surface area contributed by atoms with Crippen molar-refractivity contribution in [2.75, 3.05) is 7.05 Å². The molecular formula is C12H23N3O5. The zero-order chi connectivity index (χ0) is 15.9. The van der Waals surface area contributed by atoms with Crippen LogP contribution in [0.1, 0.15) is 27.2 Å². The first-order valence-corrected chi connectivity index (χ1v) is 6.38. The van der Waals surface area contributed by atoms with Crippen LogP contribution in [-0.2, 0) is 14.4 Å². The lowest BCUT2D eigenvalue weighted by atomic mass is 9.90. The standard InChI is InChI=1S/C12H23N3O5/c1-6(2)5-8(9(16)12(19)15-20)11(18)14-7(3)10(17)13-4/h6-9,16,20H,5H2,1-4H3,(H,13,17)(H,14,18)(H,15,19)/t7-,8-,9-/m0/s1. The Morgan fingerprint density at radius 3 is 2.00 bits per heavy atom. The average Bonchev–Trinajstić information content (AvgIpc) is 2.41. The summed E-state index contributed by atoms with van der Waals surface area (Å²) in [5.74, 6) is -3.07. The maximum atomic E-state index is 12.1. The van der Waals surface area contributed by atoms with Crippen LogP contribution in [0.25, 0.3) is 0 Å². The second kappa shape index (κ2) is 8.49. The normalized spacial score (nSPS) is 15.2. The molecule has 116 valence electrons. The predicted octanol–water partition coefficient (Wildman–Crippen LogP) is -1.23. The van der Waals surface area contributed by atoms with Gasteiger partial charge in [0.25, 0.3) is 5.91 Å². The lowest BCUT2D eigenvalue weighted by molar-refractivity contribution is -0.147. The number of aliphatic hydroxyl groups excluding tert-OH is 1. The van der Waals surface area contributed by atoms with Crippen LogP contribution < -0.4 is 16.1 Å². The summed E-state index contributed by atoms with van der Waals surface area (Å²) < 4.78 is 0. The fraction of sp³-hybridized carbons (Fsp3) is 0.750. The summed E-state index contributed by atoms with van der Waals surface area (Å²) in [5.41, 5.74) is 1.31. The van der Waals surface area contributed by atoms with Crippen molar-refractivity contribution in [3.8, 4) is 0 Å². The molecule has 8 heteroatoms. The molecule has 0 aliphatic carbocycles. The van der Waals surface area contributed by atoms with Crippen molar-refractivity contribution in [3.63, 3.8) is 0 Å². The number of likely N-dealkylation sites (N-methyl/N-ethyl adjacent to an activating group) is 1. The second-order valence-corrected chi connectivity index (χ2v) is 5.00. The summed E-state index contributed by atoms with van der Waals surface area (Å²) in [6, 6.07) is -0.786. The highest BCUT2D eigenvalue weighted by Crippen LogP contribution is 2.16. The average molecular weight is 289 g/mol. The Hall–Kier alpha value is -1.67. The molecule has 8 nitrogen and oxygen atoms in total. The highest BCUT2D eigenvalue weighted by Gasteiger charge is 2.33. The van der Waals surface area contributed by atoms with Gasteiger partial charge in [-0.05, 0) is 19.3 Å². The number of hydroxylamine groups is 1. The number of hydrogen-bond acceptors (Lipinski definition) is 5. The van der Waals surface area contributed by atoms with Gasteiger partial charge < -0.3 is 15.7 Å². The van der Waals surface area contributed by atoms with E-state index in [1.54, 1.807) is 0 Å². The van der Waals surface area contributed by atoms with E-state index >= 15 is 0 Å². The highest BCUT2D eigenvalue weighted by atomic mass is 16.5. The van der Waals surface area contributed by atoms with Crippen LogP contribution >= 0.6 is 0 Å². The Morgan fingerprint density at radius 1 is 1.05 bits per heavy atom. The largest absolute Gasteiger partial charge is 0.382 e. The second-order valence-electron chi connectivity index (χ2n) is 5.00. The molecule has 0 aromatic carbocycles. The molecule has 0 unspecified atom stereocenters. The van der Waals surface area contributed by atoms with Crippen LogP contribution in [0.2, 0.25) is 0 Å². The molecule has 0 aliphatic heterocycles. The van der Waals surface area contributed by atoms with Gasteiger partial charge >= 0.3 is 0 Å². The van der Waals surface area contributed by atoms with Gasteiger partial charge in [-0.25, -0.2) is 5.48 Å².